The maximum absolute atomic E-state index is 3.60. The number of anilines is 1. The highest BCUT2D eigenvalue weighted by Crippen LogP contribution is 2.20. The molecule has 3 rings (SSSR count). The summed E-state index contributed by atoms with van der Waals surface area (Å²) < 4.78 is 2.22. The van der Waals surface area contributed by atoms with E-state index in [1.807, 2.05) is 0 Å². The molecule has 0 radical (unpaired) electrons. The number of hydrogen-bond acceptors (Lipinski definition) is 2. The van der Waals surface area contributed by atoms with Crippen LogP contribution in [0.15, 0.2) is 42.7 Å². The molecule has 1 aromatic heterocycles. The first-order chi connectivity index (χ1) is 10.3. The number of rotatable bonds is 6. The van der Waals surface area contributed by atoms with Gasteiger partial charge in [-0.25, -0.2) is 0 Å². The third kappa shape index (κ3) is 3.67. The Hall–Kier alpha value is -1.74. The van der Waals surface area contributed by atoms with Crippen LogP contribution in [-0.4, -0.2) is 22.6 Å². The molecule has 0 spiro atoms. The molecule has 3 nitrogen and oxygen atoms in total. The van der Waals surface area contributed by atoms with Gasteiger partial charge in [0.1, 0.15) is 0 Å². The van der Waals surface area contributed by atoms with Crippen molar-refractivity contribution in [1.82, 2.24) is 9.47 Å². The van der Waals surface area contributed by atoms with Gasteiger partial charge in [0.05, 0.1) is 0 Å². The minimum Gasteiger partial charge on any atom is -0.381 e. The maximum Gasteiger partial charge on any atom is 0.0415 e. The number of para-hydroxylation sites is 1. The van der Waals surface area contributed by atoms with Gasteiger partial charge in [-0.1, -0.05) is 18.2 Å². The van der Waals surface area contributed by atoms with Gasteiger partial charge in [-0.15, -0.1) is 0 Å². The van der Waals surface area contributed by atoms with Crippen molar-refractivity contribution in [3.63, 3.8) is 0 Å². The standard InChI is InChI=1S/C18H25N3/c1-2-20-12-9-16(14-20)13-19-18-8-4-3-7-17(18)15-21-10-5-6-11-21/h3-4,7-9,12,14,19H,2,5-6,10-11,13,15H2,1H3. The highest BCUT2D eigenvalue weighted by Gasteiger charge is 2.13. The lowest BCUT2D eigenvalue weighted by molar-refractivity contribution is 0.332. The Morgan fingerprint density at radius 3 is 2.67 bits per heavy atom. The van der Waals surface area contributed by atoms with Crippen molar-refractivity contribution in [1.29, 1.82) is 0 Å². The summed E-state index contributed by atoms with van der Waals surface area (Å²) in [4.78, 5) is 2.55. The Kier molecular flexibility index (Phi) is 4.61. The Morgan fingerprint density at radius 1 is 1.10 bits per heavy atom. The number of likely N-dealkylation sites (tertiary alicyclic amines) is 1. The number of aryl methyl sites for hydroxylation is 1. The molecule has 1 fully saturated rings. The molecular formula is C18H25N3. The molecule has 0 amide bonds. The molecule has 0 bridgehead atoms. The van der Waals surface area contributed by atoms with Crippen LogP contribution >= 0.6 is 0 Å². The van der Waals surface area contributed by atoms with Gasteiger partial charge in [0.15, 0.2) is 0 Å². The van der Waals surface area contributed by atoms with E-state index in [-0.39, 0.29) is 0 Å². The van der Waals surface area contributed by atoms with Crippen LogP contribution in [-0.2, 0) is 19.6 Å². The van der Waals surface area contributed by atoms with Crippen LogP contribution in [0.4, 0.5) is 5.69 Å². The summed E-state index contributed by atoms with van der Waals surface area (Å²) >= 11 is 0. The van der Waals surface area contributed by atoms with Crippen LogP contribution in [0.1, 0.15) is 30.9 Å². The van der Waals surface area contributed by atoms with Gasteiger partial charge in [-0.3, -0.25) is 4.90 Å². The monoisotopic (exact) mass is 283 g/mol. The van der Waals surface area contributed by atoms with Gasteiger partial charge in [-0.2, -0.15) is 0 Å². The fourth-order valence-corrected chi connectivity index (χ4v) is 3.00. The average molecular weight is 283 g/mol. The summed E-state index contributed by atoms with van der Waals surface area (Å²) in [6, 6.07) is 10.9. The zero-order valence-corrected chi connectivity index (χ0v) is 12.9. The van der Waals surface area contributed by atoms with Gasteiger partial charge < -0.3 is 9.88 Å². The summed E-state index contributed by atoms with van der Waals surface area (Å²) in [5.41, 5.74) is 4.02. The number of hydrogen-bond donors (Lipinski definition) is 1. The molecule has 1 aliphatic rings. The van der Waals surface area contributed by atoms with Gasteiger partial charge >= 0.3 is 0 Å². The molecule has 1 aliphatic heterocycles. The van der Waals surface area contributed by atoms with Crippen molar-refractivity contribution in [3.05, 3.63) is 53.9 Å². The lowest BCUT2D eigenvalue weighted by Gasteiger charge is -2.18. The first-order valence-electron chi connectivity index (χ1n) is 8.04. The Morgan fingerprint density at radius 2 is 1.90 bits per heavy atom. The molecule has 3 heteroatoms. The summed E-state index contributed by atoms with van der Waals surface area (Å²) in [6.07, 6.45) is 7.06. The van der Waals surface area contributed by atoms with E-state index in [4.69, 9.17) is 0 Å². The Labute approximate surface area is 127 Å². The fourth-order valence-electron chi connectivity index (χ4n) is 3.00. The van der Waals surface area contributed by atoms with Crippen molar-refractivity contribution in [2.45, 2.75) is 39.4 Å². The van der Waals surface area contributed by atoms with E-state index < -0.39 is 0 Å². The van der Waals surface area contributed by atoms with Gasteiger partial charge in [0.25, 0.3) is 0 Å². The zero-order chi connectivity index (χ0) is 14.5. The third-order valence-corrected chi connectivity index (χ3v) is 4.27. The molecule has 112 valence electrons. The number of benzene rings is 1. The minimum absolute atomic E-state index is 0.893. The van der Waals surface area contributed by atoms with Crippen LogP contribution in [0.25, 0.3) is 0 Å². The maximum atomic E-state index is 3.60. The SMILES string of the molecule is CCn1ccc(CNc2ccccc2CN2CCCC2)c1. The summed E-state index contributed by atoms with van der Waals surface area (Å²) in [6.45, 7) is 7.65. The van der Waals surface area contributed by atoms with E-state index in [1.165, 1.54) is 42.7 Å². The fraction of sp³-hybridized carbons (Fsp3) is 0.444. The summed E-state index contributed by atoms with van der Waals surface area (Å²) in [7, 11) is 0. The number of nitrogens with one attached hydrogen (secondary N) is 1. The second-order valence-corrected chi connectivity index (χ2v) is 5.84. The molecule has 0 aliphatic carbocycles. The van der Waals surface area contributed by atoms with Crippen LogP contribution < -0.4 is 5.32 Å². The topological polar surface area (TPSA) is 20.2 Å². The molecule has 0 saturated carbocycles. The molecule has 0 atom stereocenters. The average Bonchev–Trinajstić information content (AvgIpc) is 3.17. The van der Waals surface area contributed by atoms with Gasteiger partial charge in [0, 0.05) is 37.7 Å². The van der Waals surface area contributed by atoms with Crippen LogP contribution in [0.5, 0.6) is 0 Å². The van der Waals surface area contributed by atoms with Gasteiger partial charge in [0.2, 0.25) is 0 Å². The molecule has 2 heterocycles. The minimum atomic E-state index is 0.893. The molecule has 21 heavy (non-hydrogen) atoms. The quantitative estimate of drug-likeness (QED) is 0.872. The first kappa shape index (κ1) is 14.2. The first-order valence-corrected chi connectivity index (χ1v) is 8.04. The van der Waals surface area contributed by atoms with Crippen molar-refractivity contribution < 1.29 is 0 Å². The van der Waals surface area contributed by atoms with Crippen molar-refractivity contribution >= 4 is 5.69 Å². The summed E-state index contributed by atoms with van der Waals surface area (Å²) in [5.74, 6) is 0. The van der Waals surface area contributed by atoms with Crippen LogP contribution in [0.2, 0.25) is 0 Å². The molecule has 1 saturated heterocycles. The number of aromatic nitrogens is 1. The molecular weight excluding hydrogens is 258 g/mol. The van der Waals surface area contributed by atoms with Crippen LogP contribution in [0, 0.1) is 0 Å². The van der Waals surface area contributed by atoms with E-state index in [9.17, 15) is 0 Å². The lowest BCUT2D eigenvalue weighted by atomic mass is 10.1. The smallest absolute Gasteiger partial charge is 0.0415 e. The normalized spacial score (nSPS) is 15.5. The molecule has 2 aromatic rings. The second kappa shape index (κ2) is 6.81. The van der Waals surface area contributed by atoms with Crippen molar-refractivity contribution in [2.75, 3.05) is 18.4 Å². The molecule has 1 N–H and O–H groups in total. The third-order valence-electron chi connectivity index (χ3n) is 4.27. The Bertz CT molecular complexity index is 567. The number of nitrogens with zero attached hydrogens (tertiary/aromatic N) is 2. The van der Waals surface area contributed by atoms with E-state index in [1.54, 1.807) is 0 Å². The summed E-state index contributed by atoms with van der Waals surface area (Å²) in [5, 5.41) is 3.60. The van der Waals surface area contributed by atoms with E-state index in [0.717, 1.165) is 19.6 Å². The highest BCUT2D eigenvalue weighted by atomic mass is 15.1. The van der Waals surface area contributed by atoms with E-state index >= 15 is 0 Å². The van der Waals surface area contributed by atoms with Gasteiger partial charge in [-0.05, 0) is 56.1 Å². The highest BCUT2D eigenvalue weighted by molar-refractivity contribution is 5.51. The predicted octanol–water partition coefficient (Wildman–Crippen LogP) is 3.72. The predicted molar refractivity (Wildman–Crippen MR) is 88.4 cm³/mol. The molecule has 1 aromatic carbocycles. The van der Waals surface area contributed by atoms with Crippen LogP contribution in [0.3, 0.4) is 0 Å². The second-order valence-electron chi connectivity index (χ2n) is 5.84. The Balaban J connectivity index is 1.64. The van der Waals surface area contributed by atoms with E-state index in [2.05, 4.69) is 64.4 Å². The van der Waals surface area contributed by atoms with Crippen molar-refractivity contribution in [2.24, 2.45) is 0 Å². The van der Waals surface area contributed by atoms with E-state index in [0.29, 0.717) is 0 Å². The van der Waals surface area contributed by atoms with Crippen molar-refractivity contribution in [3.8, 4) is 0 Å². The largest absolute Gasteiger partial charge is 0.381 e. The molecule has 0 unspecified atom stereocenters. The zero-order valence-electron chi connectivity index (χ0n) is 12.9. The lowest BCUT2D eigenvalue weighted by Crippen LogP contribution is -2.19.